The van der Waals surface area contributed by atoms with Gasteiger partial charge in [-0.25, -0.2) is 19.9 Å². The maximum atomic E-state index is 4.57. The van der Waals surface area contributed by atoms with Gasteiger partial charge in [-0.3, -0.25) is 9.97 Å². The molecule has 4 bridgehead atoms. The van der Waals surface area contributed by atoms with Crippen molar-refractivity contribution >= 4 is 11.4 Å². The molecule has 0 atom stereocenters. The number of anilines is 2. The van der Waals surface area contributed by atoms with E-state index in [1.807, 2.05) is 51.0 Å². The molecule has 30 heavy (non-hydrogen) atoms. The molecular weight excluding hydrogens is 376 g/mol. The van der Waals surface area contributed by atoms with E-state index in [0.717, 1.165) is 45.3 Å². The van der Waals surface area contributed by atoms with E-state index in [4.69, 9.17) is 0 Å². The molecule has 8 nitrogen and oxygen atoms in total. The van der Waals surface area contributed by atoms with E-state index >= 15 is 0 Å². The predicted octanol–water partition coefficient (Wildman–Crippen LogP) is 2.98. The summed E-state index contributed by atoms with van der Waals surface area (Å²) in [5.74, 6) is 0. The molecule has 5 rings (SSSR count). The highest BCUT2D eigenvalue weighted by Crippen LogP contribution is 2.32. The molecule has 0 fully saturated rings. The average molecular weight is 396 g/mol. The van der Waals surface area contributed by atoms with Gasteiger partial charge in [0, 0.05) is 37.6 Å². The monoisotopic (exact) mass is 396 g/mol. The second-order valence-electron chi connectivity index (χ2n) is 7.30. The fraction of sp³-hybridized carbons (Fsp3) is 0.182. The molecule has 0 saturated carbocycles. The summed E-state index contributed by atoms with van der Waals surface area (Å²) in [7, 11) is 4.04. The summed E-state index contributed by atoms with van der Waals surface area (Å²) >= 11 is 0. The lowest BCUT2D eigenvalue weighted by molar-refractivity contribution is 0.868. The molecule has 148 valence electrons. The Morgan fingerprint density at radius 1 is 0.667 bits per heavy atom. The van der Waals surface area contributed by atoms with Crippen molar-refractivity contribution in [1.82, 2.24) is 29.9 Å². The summed E-state index contributed by atoms with van der Waals surface area (Å²) < 4.78 is 0. The van der Waals surface area contributed by atoms with Gasteiger partial charge in [0.15, 0.2) is 0 Å². The molecular formula is C22H20N8. The summed E-state index contributed by atoms with van der Waals surface area (Å²) in [6.07, 6.45) is 10.5. The standard InChI is InChI=1S/C22H20N8/c1-29-11-17-7-16(4-5-25-17)22-20(10-24-14-28-22)30(2)12-18-8-15(3-6-26-18)21-19(29)9-23-13-27-21/h3-10,13-14H,11-12H2,1-2H3. The second-order valence-corrected chi connectivity index (χ2v) is 7.30. The van der Waals surface area contributed by atoms with Crippen LogP contribution in [0.5, 0.6) is 0 Å². The molecule has 5 heterocycles. The number of rotatable bonds is 0. The molecule has 0 aromatic carbocycles. The SMILES string of the molecule is CN1Cc2cc(ccn2)-c2ncncc2N(C)Cc2cc(ccn2)-c2ncncc21. The minimum atomic E-state index is 0.614. The molecule has 0 unspecified atom stereocenters. The summed E-state index contributed by atoms with van der Waals surface area (Å²) in [5, 5.41) is 0. The fourth-order valence-corrected chi connectivity index (χ4v) is 3.73. The Hall–Kier alpha value is -3.94. The first-order valence-corrected chi connectivity index (χ1v) is 9.62. The van der Waals surface area contributed by atoms with Gasteiger partial charge in [0.05, 0.1) is 59.6 Å². The van der Waals surface area contributed by atoms with Crippen LogP contribution in [0.1, 0.15) is 11.4 Å². The van der Waals surface area contributed by atoms with Gasteiger partial charge >= 0.3 is 0 Å². The van der Waals surface area contributed by atoms with E-state index in [2.05, 4.69) is 51.8 Å². The van der Waals surface area contributed by atoms with E-state index < -0.39 is 0 Å². The highest BCUT2D eigenvalue weighted by molar-refractivity contribution is 5.76. The van der Waals surface area contributed by atoms with Crippen LogP contribution < -0.4 is 9.80 Å². The average Bonchev–Trinajstić information content (AvgIpc) is 2.79. The van der Waals surface area contributed by atoms with E-state index in [1.165, 1.54) is 0 Å². The van der Waals surface area contributed by atoms with Crippen molar-refractivity contribution in [2.75, 3.05) is 23.9 Å². The minimum absolute atomic E-state index is 0.614. The van der Waals surface area contributed by atoms with Gasteiger partial charge in [-0.2, -0.15) is 0 Å². The van der Waals surface area contributed by atoms with Gasteiger partial charge < -0.3 is 9.80 Å². The van der Waals surface area contributed by atoms with Crippen LogP contribution in [0.2, 0.25) is 0 Å². The maximum Gasteiger partial charge on any atom is 0.116 e. The lowest BCUT2D eigenvalue weighted by Gasteiger charge is -2.24. The first kappa shape index (κ1) is 18.1. The molecule has 8 heteroatoms. The van der Waals surface area contributed by atoms with Crippen LogP contribution in [0.15, 0.2) is 61.7 Å². The number of aromatic nitrogens is 6. The molecule has 4 aromatic rings. The number of fused-ring (bicyclic) bond motifs is 8. The highest BCUT2D eigenvalue weighted by atomic mass is 15.1. The molecule has 0 N–H and O–H groups in total. The van der Waals surface area contributed by atoms with Crippen molar-refractivity contribution < 1.29 is 0 Å². The fourth-order valence-electron chi connectivity index (χ4n) is 3.73. The van der Waals surface area contributed by atoms with E-state index in [1.54, 1.807) is 12.7 Å². The molecule has 0 amide bonds. The Bertz CT molecular complexity index is 1110. The Morgan fingerprint density at radius 3 is 1.60 bits per heavy atom. The topological polar surface area (TPSA) is 83.8 Å². The molecule has 1 aliphatic rings. The van der Waals surface area contributed by atoms with E-state index in [-0.39, 0.29) is 0 Å². The van der Waals surface area contributed by atoms with Gasteiger partial charge in [-0.05, 0) is 24.3 Å². The summed E-state index contributed by atoms with van der Waals surface area (Å²) in [6, 6.07) is 8.10. The summed E-state index contributed by atoms with van der Waals surface area (Å²) in [6.45, 7) is 1.23. The molecule has 0 spiro atoms. The third-order valence-electron chi connectivity index (χ3n) is 5.19. The summed E-state index contributed by atoms with van der Waals surface area (Å²) in [5.41, 5.74) is 7.49. The van der Waals surface area contributed by atoms with Crippen LogP contribution in [0, 0.1) is 0 Å². The molecule has 0 aliphatic carbocycles. The number of pyridine rings is 2. The van der Waals surface area contributed by atoms with Crippen molar-refractivity contribution in [3.8, 4) is 22.5 Å². The molecule has 4 aromatic heterocycles. The lowest BCUT2D eigenvalue weighted by Crippen LogP contribution is -2.20. The zero-order valence-corrected chi connectivity index (χ0v) is 16.8. The Balaban J connectivity index is 1.71. The smallest absolute Gasteiger partial charge is 0.116 e. The number of hydrogen-bond donors (Lipinski definition) is 0. The highest BCUT2D eigenvalue weighted by Gasteiger charge is 2.17. The van der Waals surface area contributed by atoms with Crippen LogP contribution in [0.25, 0.3) is 22.5 Å². The summed E-state index contributed by atoms with van der Waals surface area (Å²) in [4.78, 5) is 31.0. The maximum absolute atomic E-state index is 4.57. The van der Waals surface area contributed by atoms with Crippen LogP contribution in [0.4, 0.5) is 11.4 Å². The van der Waals surface area contributed by atoms with Gasteiger partial charge in [0.25, 0.3) is 0 Å². The Labute approximate surface area is 174 Å². The van der Waals surface area contributed by atoms with Crippen LogP contribution >= 0.6 is 0 Å². The van der Waals surface area contributed by atoms with Gasteiger partial charge in [-0.1, -0.05) is 0 Å². The first-order chi connectivity index (χ1) is 14.7. The quantitative estimate of drug-likeness (QED) is 0.449. The normalized spacial score (nSPS) is 13.3. The zero-order chi connectivity index (χ0) is 20.5. The molecule has 0 saturated heterocycles. The largest absolute Gasteiger partial charge is 0.366 e. The van der Waals surface area contributed by atoms with E-state index in [9.17, 15) is 0 Å². The van der Waals surface area contributed by atoms with Crippen LogP contribution in [0.3, 0.4) is 0 Å². The van der Waals surface area contributed by atoms with Gasteiger partial charge in [0.2, 0.25) is 0 Å². The van der Waals surface area contributed by atoms with Gasteiger partial charge in [-0.15, -0.1) is 0 Å². The minimum Gasteiger partial charge on any atom is -0.366 e. The third-order valence-corrected chi connectivity index (χ3v) is 5.19. The Morgan fingerprint density at radius 2 is 1.13 bits per heavy atom. The van der Waals surface area contributed by atoms with Crippen molar-refractivity contribution in [3.63, 3.8) is 0 Å². The Kier molecular flexibility index (Phi) is 4.51. The number of hydrogen-bond acceptors (Lipinski definition) is 8. The van der Waals surface area contributed by atoms with Crippen LogP contribution in [-0.4, -0.2) is 44.0 Å². The molecule has 0 radical (unpaired) electrons. The van der Waals surface area contributed by atoms with Crippen molar-refractivity contribution in [2.24, 2.45) is 0 Å². The predicted molar refractivity (Wildman–Crippen MR) is 115 cm³/mol. The zero-order valence-electron chi connectivity index (χ0n) is 16.8. The van der Waals surface area contributed by atoms with Crippen molar-refractivity contribution in [1.29, 1.82) is 0 Å². The van der Waals surface area contributed by atoms with E-state index in [0.29, 0.717) is 13.1 Å². The molecule has 1 aliphatic heterocycles. The number of nitrogens with zero attached hydrogens (tertiary/aromatic N) is 8. The second kappa shape index (κ2) is 7.47. The first-order valence-electron chi connectivity index (χ1n) is 9.62. The van der Waals surface area contributed by atoms with Crippen LogP contribution in [-0.2, 0) is 13.1 Å². The van der Waals surface area contributed by atoms with Crippen molar-refractivity contribution in [3.05, 3.63) is 73.1 Å². The van der Waals surface area contributed by atoms with Gasteiger partial charge in [0.1, 0.15) is 12.7 Å². The third kappa shape index (κ3) is 3.32. The lowest BCUT2D eigenvalue weighted by atomic mass is 10.1. The van der Waals surface area contributed by atoms with Crippen molar-refractivity contribution in [2.45, 2.75) is 13.1 Å².